The summed E-state index contributed by atoms with van der Waals surface area (Å²) in [6.45, 7) is 3.50. The molecular formula is C15H15Cl2NO4. The van der Waals surface area contributed by atoms with Crippen LogP contribution in [-0.2, 0) is 25.6 Å². The van der Waals surface area contributed by atoms with Gasteiger partial charge in [0.2, 0.25) is 11.5 Å². The van der Waals surface area contributed by atoms with E-state index >= 15 is 0 Å². The number of ether oxygens (including phenoxy) is 2. The maximum atomic E-state index is 12.1. The molecule has 5 nitrogen and oxygen atoms in total. The molecule has 7 heteroatoms. The van der Waals surface area contributed by atoms with E-state index in [-0.39, 0.29) is 11.7 Å². The fourth-order valence-electron chi connectivity index (χ4n) is 1.90. The van der Waals surface area contributed by atoms with Crippen molar-refractivity contribution >= 4 is 35.1 Å². The Morgan fingerprint density at radius 2 is 1.95 bits per heavy atom. The molecule has 1 fully saturated rings. The zero-order valence-corrected chi connectivity index (χ0v) is 13.9. The van der Waals surface area contributed by atoms with Crippen LogP contribution < -0.4 is 0 Å². The predicted octanol–water partition coefficient (Wildman–Crippen LogP) is 3.15. The second-order valence-corrected chi connectivity index (χ2v) is 6.16. The normalized spacial score (nSPS) is 18.0. The average molecular weight is 344 g/mol. The molecule has 1 saturated heterocycles. The van der Waals surface area contributed by atoms with Gasteiger partial charge in [-0.25, -0.2) is 4.79 Å². The maximum Gasteiger partial charge on any atom is 0.377 e. The number of likely N-dealkylation sites (N-methyl/N-ethyl adjacent to an activating group) is 1. The van der Waals surface area contributed by atoms with Gasteiger partial charge in [-0.3, -0.25) is 4.79 Å². The number of carbonyl (C=O) groups excluding carboxylic acids is 2. The Kier molecular flexibility index (Phi) is 4.68. The molecule has 0 bridgehead atoms. The second kappa shape index (κ2) is 6.18. The van der Waals surface area contributed by atoms with E-state index in [0.29, 0.717) is 16.6 Å². The highest BCUT2D eigenvalue weighted by atomic mass is 35.5. The highest BCUT2D eigenvalue weighted by Crippen LogP contribution is 2.26. The van der Waals surface area contributed by atoms with Crippen LogP contribution in [0.1, 0.15) is 19.4 Å². The fraction of sp³-hybridized carbons (Fsp3) is 0.333. The number of cyclic esters (lactones) is 1. The lowest BCUT2D eigenvalue weighted by Gasteiger charge is -2.16. The van der Waals surface area contributed by atoms with Gasteiger partial charge in [0.15, 0.2) is 0 Å². The molecule has 0 unspecified atom stereocenters. The predicted molar refractivity (Wildman–Crippen MR) is 82.3 cm³/mol. The minimum atomic E-state index is -1.05. The molecule has 0 N–H and O–H groups in total. The van der Waals surface area contributed by atoms with Gasteiger partial charge in [-0.15, -0.1) is 0 Å². The van der Waals surface area contributed by atoms with Crippen LogP contribution in [0.3, 0.4) is 0 Å². The number of carbonyl (C=O) groups is 2. The van der Waals surface area contributed by atoms with E-state index in [0.717, 1.165) is 11.6 Å². The molecule has 22 heavy (non-hydrogen) atoms. The summed E-state index contributed by atoms with van der Waals surface area (Å²) in [5.74, 6) is -2.18. The van der Waals surface area contributed by atoms with E-state index in [1.807, 2.05) is 0 Å². The number of halogens is 2. The van der Waals surface area contributed by atoms with E-state index < -0.39 is 11.8 Å². The fourth-order valence-corrected chi connectivity index (χ4v) is 2.22. The molecule has 118 valence electrons. The SMILES string of the molecule is CN(Cc1ccc(Cl)c(Cl)c1)C(=O)C=C1OC(C)(C)OC1=O. The van der Waals surface area contributed by atoms with Crippen molar-refractivity contribution in [2.75, 3.05) is 7.05 Å². The Labute approximate surface area is 138 Å². The minimum absolute atomic E-state index is 0.101. The Morgan fingerprint density at radius 1 is 1.27 bits per heavy atom. The van der Waals surface area contributed by atoms with Gasteiger partial charge in [-0.2, -0.15) is 0 Å². The zero-order valence-electron chi connectivity index (χ0n) is 12.4. The third-order valence-corrected chi connectivity index (χ3v) is 3.67. The van der Waals surface area contributed by atoms with Gasteiger partial charge in [-0.1, -0.05) is 29.3 Å². The smallest absolute Gasteiger partial charge is 0.377 e. The second-order valence-electron chi connectivity index (χ2n) is 5.34. The van der Waals surface area contributed by atoms with Crippen LogP contribution in [0.4, 0.5) is 0 Å². The Balaban J connectivity index is 2.06. The molecule has 0 aliphatic carbocycles. The highest BCUT2D eigenvalue weighted by molar-refractivity contribution is 6.42. The van der Waals surface area contributed by atoms with Crippen LogP contribution in [0.5, 0.6) is 0 Å². The number of esters is 1. The van der Waals surface area contributed by atoms with E-state index in [2.05, 4.69) is 0 Å². The van der Waals surface area contributed by atoms with Crippen molar-refractivity contribution in [2.24, 2.45) is 0 Å². The molecule has 0 radical (unpaired) electrons. The maximum absolute atomic E-state index is 12.1. The molecule has 0 spiro atoms. The molecule has 1 aromatic rings. The lowest BCUT2D eigenvalue weighted by Crippen LogP contribution is -2.25. The number of nitrogens with zero attached hydrogens (tertiary/aromatic N) is 1. The van der Waals surface area contributed by atoms with E-state index in [9.17, 15) is 9.59 Å². The third kappa shape index (κ3) is 3.93. The summed E-state index contributed by atoms with van der Waals surface area (Å²) >= 11 is 11.8. The quantitative estimate of drug-likeness (QED) is 0.624. The number of hydrogen-bond acceptors (Lipinski definition) is 4. The highest BCUT2D eigenvalue weighted by Gasteiger charge is 2.37. The summed E-state index contributed by atoms with van der Waals surface area (Å²) < 4.78 is 10.2. The molecule has 0 aromatic heterocycles. The third-order valence-electron chi connectivity index (χ3n) is 2.93. The van der Waals surface area contributed by atoms with Crippen molar-refractivity contribution in [3.63, 3.8) is 0 Å². The first-order valence-electron chi connectivity index (χ1n) is 6.51. The first kappa shape index (κ1) is 16.6. The van der Waals surface area contributed by atoms with Crippen molar-refractivity contribution in [3.8, 4) is 0 Å². The van der Waals surface area contributed by atoms with Crippen LogP contribution in [0.2, 0.25) is 10.0 Å². The lowest BCUT2D eigenvalue weighted by molar-refractivity contribution is -0.159. The minimum Gasteiger partial charge on any atom is -0.445 e. The van der Waals surface area contributed by atoms with Gasteiger partial charge in [-0.05, 0) is 17.7 Å². The number of rotatable bonds is 3. The summed E-state index contributed by atoms with van der Waals surface area (Å²) in [7, 11) is 1.60. The number of hydrogen-bond donors (Lipinski definition) is 0. The van der Waals surface area contributed by atoms with Gasteiger partial charge in [0, 0.05) is 27.4 Å². The van der Waals surface area contributed by atoms with E-state index in [1.54, 1.807) is 39.1 Å². The van der Waals surface area contributed by atoms with Crippen molar-refractivity contribution in [2.45, 2.75) is 26.2 Å². The Bertz CT molecular complexity index is 655. The lowest BCUT2D eigenvalue weighted by atomic mass is 10.2. The van der Waals surface area contributed by atoms with Crippen molar-refractivity contribution in [1.29, 1.82) is 0 Å². The molecule has 2 rings (SSSR count). The molecule has 0 saturated carbocycles. The van der Waals surface area contributed by atoms with Gasteiger partial charge < -0.3 is 14.4 Å². The van der Waals surface area contributed by atoms with Gasteiger partial charge in [0.1, 0.15) is 0 Å². The van der Waals surface area contributed by atoms with Crippen LogP contribution in [0, 0.1) is 0 Å². The van der Waals surface area contributed by atoms with Crippen LogP contribution >= 0.6 is 23.2 Å². The van der Waals surface area contributed by atoms with E-state index in [4.69, 9.17) is 32.7 Å². The molecule has 1 aliphatic rings. The topological polar surface area (TPSA) is 55.8 Å². The monoisotopic (exact) mass is 343 g/mol. The standard InChI is InChI=1S/C15H15Cl2NO4/c1-15(2)21-12(14(20)22-15)7-13(19)18(3)8-9-4-5-10(16)11(17)6-9/h4-7H,8H2,1-3H3. The summed E-state index contributed by atoms with van der Waals surface area (Å²) in [5.41, 5.74) is 0.818. The summed E-state index contributed by atoms with van der Waals surface area (Å²) in [6.07, 6.45) is 1.12. The molecule has 1 aromatic carbocycles. The van der Waals surface area contributed by atoms with Crippen LogP contribution in [-0.4, -0.2) is 29.6 Å². The first-order chi connectivity index (χ1) is 10.2. The number of benzene rings is 1. The van der Waals surface area contributed by atoms with Gasteiger partial charge in [0.05, 0.1) is 16.1 Å². The van der Waals surface area contributed by atoms with Crippen LogP contribution in [0.25, 0.3) is 0 Å². The molecule has 1 amide bonds. The van der Waals surface area contributed by atoms with E-state index in [1.165, 1.54) is 4.90 Å². The number of amides is 1. The molecule has 0 atom stereocenters. The van der Waals surface area contributed by atoms with Crippen molar-refractivity contribution in [1.82, 2.24) is 4.90 Å². The van der Waals surface area contributed by atoms with Crippen molar-refractivity contribution in [3.05, 3.63) is 45.6 Å². The molecular weight excluding hydrogens is 329 g/mol. The van der Waals surface area contributed by atoms with Crippen molar-refractivity contribution < 1.29 is 19.1 Å². The Morgan fingerprint density at radius 3 is 2.50 bits per heavy atom. The Hall–Kier alpha value is -1.72. The first-order valence-corrected chi connectivity index (χ1v) is 7.26. The molecule has 1 heterocycles. The van der Waals surface area contributed by atoms with Gasteiger partial charge in [0.25, 0.3) is 5.91 Å². The van der Waals surface area contributed by atoms with Gasteiger partial charge >= 0.3 is 5.97 Å². The molecule has 1 aliphatic heterocycles. The summed E-state index contributed by atoms with van der Waals surface area (Å²) in [4.78, 5) is 25.1. The van der Waals surface area contributed by atoms with Crippen LogP contribution in [0.15, 0.2) is 30.0 Å². The summed E-state index contributed by atoms with van der Waals surface area (Å²) in [5, 5.41) is 0.869. The largest absolute Gasteiger partial charge is 0.445 e. The summed E-state index contributed by atoms with van der Waals surface area (Å²) in [6, 6.07) is 5.12. The average Bonchev–Trinajstić information content (AvgIpc) is 2.66. The zero-order chi connectivity index (χ0) is 16.5.